The molecular weight excluding hydrogens is 299 g/mol. The average Bonchev–Trinajstić information content (AvgIpc) is 2.40. The zero-order valence-corrected chi connectivity index (χ0v) is 12.7. The van der Waals surface area contributed by atoms with Crippen molar-refractivity contribution in [1.29, 1.82) is 0 Å². The summed E-state index contributed by atoms with van der Waals surface area (Å²) in [6.45, 7) is 4.45. The van der Waals surface area contributed by atoms with E-state index in [4.69, 9.17) is 27.9 Å². The van der Waals surface area contributed by atoms with Gasteiger partial charge in [0.05, 0.1) is 17.3 Å². The Hall–Kier alpha value is -1.59. The van der Waals surface area contributed by atoms with E-state index in [9.17, 15) is 0 Å². The summed E-state index contributed by atoms with van der Waals surface area (Å²) in [5, 5.41) is 3.69. The van der Waals surface area contributed by atoms with Gasteiger partial charge in [0, 0.05) is 0 Å². The number of aromatic nitrogens is 3. The van der Waals surface area contributed by atoms with Gasteiger partial charge in [-0.15, -0.1) is 0 Å². The highest BCUT2D eigenvalue weighted by atomic mass is 35.5. The van der Waals surface area contributed by atoms with Crippen LogP contribution in [0, 0.1) is 6.92 Å². The van der Waals surface area contributed by atoms with Gasteiger partial charge in [-0.3, -0.25) is 0 Å². The van der Waals surface area contributed by atoms with E-state index < -0.39 is 0 Å². The maximum Gasteiger partial charge on any atom is 0.322 e. The molecule has 1 N–H and O–H groups in total. The summed E-state index contributed by atoms with van der Waals surface area (Å²) in [5.41, 5.74) is 1.71. The number of halogens is 2. The standard InChI is InChI=1S/C13H14Cl2N4O/c1-3-7-20-13-18-11(15)17-12(19-13)16-10-8(2)5-4-6-9(10)14/h4-6H,3,7H2,1-2H3,(H,16,17,18,19). The third-order valence-corrected chi connectivity index (χ3v) is 2.97. The summed E-state index contributed by atoms with van der Waals surface area (Å²) >= 11 is 12.0. The number of para-hydroxylation sites is 1. The van der Waals surface area contributed by atoms with Gasteiger partial charge in [0.2, 0.25) is 11.2 Å². The molecule has 0 fully saturated rings. The topological polar surface area (TPSA) is 59.9 Å². The van der Waals surface area contributed by atoms with Crippen LogP contribution < -0.4 is 10.1 Å². The predicted molar refractivity (Wildman–Crippen MR) is 80.1 cm³/mol. The van der Waals surface area contributed by atoms with E-state index in [1.807, 2.05) is 26.0 Å². The minimum absolute atomic E-state index is 0.0679. The van der Waals surface area contributed by atoms with E-state index in [1.54, 1.807) is 6.07 Å². The summed E-state index contributed by atoms with van der Waals surface area (Å²) in [4.78, 5) is 12.1. The quantitative estimate of drug-likeness (QED) is 0.903. The highest BCUT2D eigenvalue weighted by Gasteiger charge is 2.09. The van der Waals surface area contributed by atoms with Crippen molar-refractivity contribution in [3.05, 3.63) is 34.1 Å². The number of anilines is 2. The minimum atomic E-state index is 0.0679. The first kappa shape index (κ1) is 14.8. The number of nitrogens with zero attached hydrogens (tertiary/aromatic N) is 3. The molecule has 5 nitrogen and oxygen atoms in total. The van der Waals surface area contributed by atoms with Gasteiger partial charge in [-0.1, -0.05) is 30.7 Å². The lowest BCUT2D eigenvalue weighted by atomic mass is 10.2. The molecule has 0 saturated heterocycles. The van der Waals surface area contributed by atoms with Crippen LogP contribution in [0.2, 0.25) is 10.3 Å². The van der Waals surface area contributed by atoms with E-state index in [1.165, 1.54) is 0 Å². The number of rotatable bonds is 5. The van der Waals surface area contributed by atoms with Crippen LogP contribution in [0.25, 0.3) is 0 Å². The number of ether oxygens (including phenoxy) is 1. The molecule has 0 saturated carbocycles. The fourth-order valence-electron chi connectivity index (χ4n) is 1.55. The molecule has 0 aliphatic rings. The normalized spacial score (nSPS) is 10.4. The smallest absolute Gasteiger partial charge is 0.322 e. The molecule has 106 valence electrons. The predicted octanol–water partition coefficient (Wildman–Crippen LogP) is 4.02. The van der Waals surface area contributed by atoms with Gasteiger partial charge in [-0.05, 0) is 36.6 Å². The molecule has 0 radical (unpaired) electrons. The maximum atomic E-state index is 6.14. The Kier molecular flexibility index (Phi) is 4.98. The molecule has 2 aromatic rings. The van der Waals surface area contributed by atoms with Crippen molar-refractivity contribution in [3.8, 4) is 6.01 Å². The van der Waals surface area contributed by atoms with Crippen LogP contribution in [0.4, 0.5) is 11.6 Å². The first-order chi connectivity index (χ1) is 9.60. The molecule has 0 atom stereocenters. The van der Waals surface area contributed by atoms with Gasteiger partial charge >= 0.3 is 6.01 Å². The Bertz CT molecular complexity index is 587. The molecular formula is C13H14Cl2N4O. The zero-order chi connectivity index (χ0) is 14.5. The second-order valence-electron chi connectivity index (χ2n) is 4.12. The summed E-state index contributed by atoms with van der Waals surface area (Å²) in [6.07, 6.45) is 0.857. The van der Waals surface area contributed by atoms with Gasteiger partial charge in [0.25, 0.3) is 0 Å². The molecule has 20 heavy (non-hydrogen) atoms. The summed E-state index contributed by atoms with van der Waals surface area (Å²) in [6, 6.07) is 5.79. The Morgan fingerprint density at radius 2 is 2.00 bits per heavy atom. The largest absolute Gasteiger partial charge is 0.463 e. The number of nitrogens with one attached hydrogen (secondary N) is 1. The highest BCUT2D eigenvalue weighted by molar-refractivity contribution is 6.33. The minimum Gasteiger partial charge on any atom is -0.463 e. The molecule has 1 heterocycles. The summed E-state index contributed by atoms with van der Waals surface area (Å²) < 4.78 is 5.36. The molecule has 1 aromatic heterocycles. The molecule has 0 spiro atoms. The van der Waals surface area contributed by atoms with Crippen LogP contribution >= 0.6 is 23.2 Å². The lowest BCUT2D eigenvalue weighted by Crippen LogP contribution is -2.05. The molecule has 0 bridgehead atoms. The van der Waals surface area contributed by atoms with Crippen LogP contribution in [0.5, 0.6) is 6.01 Å². The van der Waals surface area contributed by atoms with E-state index in [0.29, 0.717) is 17.6 Å². The van der Waals surface area contributed by atoms with Crippen molar-refractivity contribution in [2.45, 2.75) is 20.3 Å². The van der Waals surface area contributed by atoms with Crippen molar-refractivity contribution in [1.82, 2.24) is 15.0 Å². The lowest BCUT2D eigenvalue weighted by molar-refractivity contribution is 0.292. The fourth-order valence-corrected chi connectivity index (χ4v) is 1.97. The third-order valence-electron chi connectivity index (χ3n) is 2.48. The van der Waals surface area contributed by atoms with Crippen LogP contribution in [0.1, 0.15) is 18.9 Å². The summed E-state index contributed by atoms with van der Waals surface area (Å²) in [7, 11) is 0. The number of hydrogen-bond donors (Lipinski definition) is 1. The van der Waals surface area contributed by atoms with Crippen LogP contribution in [0.15, 0.2) is 18.2 Å². The SMILES string of the molecule is CCCOc1nc(Cl)nc(Nc2c(C)cccc2Cl)n1. The van der Waals surface area contributed by atoms with Crippen molar-refractivity contribution < 1.29 is 4.74 Å². The Balaban J connectivity index is 2.27. The van der Waals surface area contributed by atoms with Crippen molar-refractivity contribution in [2.24, 2.45) is 0 Å². The molecule has 2 rings (SSSR count). The lowest BCUT2D eigenvalue weighted by Gasteiger charge is -2.10. The van der Waals surface area contributed by atoms with Gasteiger partial charge in [0.1, 0.15) is 0 Å². The second-order valence-corrected chi connectivity index (χ2v) is 4.86. The summed E-state index contributed by atoms with van der Waals surface area (Å²) in [5.74, 6) is 0.298. The van der Waals surface area contributed by atoms with E-state index >= 15 is 0 Å². The van der Waals surface area contributed by atoms with E-state index in [-0.39, 0.29) is 11.3 Å². The Morgan fingerprint density at radius 3 is 2.70 bits per heavy atom. The monoisotopic (exact) mass is 312 g/mol. The average molecular weight is 313 g/mol. The number of hydrogen-bond acceptors (Lipinski definition) is 5. The van der Waals surface area contributed by atoms with Crippen LogP contribution in [0.3, 0.4) is 0 Å². The first-order valence-electron chi connectivity index (χ1n) is 6.16. The van der Waals surface area contributed by atoms with Gasteiger partial charge in [-0.2, -0.15) is 15.0 Å². The number of benzene rings is 1. The van der Waals surface area contributed by atoms with Crippen molar-refractivity contribution in [3.63, 3.8) is 0 Å². The van der Waals surface area contributed by atoms with Crippen molar-refractivity contribution in [2.75, 3.05) is 11.9 Å². The molecule has 0 unspecified atom stereocenters. The highest BCUT2D eigenvalue weighted by Crippen LogP contribution is 2.28. The van der Waals surface area contributed by atoms with Gasteiger partial charge in [0.15, 0.2) is 0 Å². The van der Waals surface area contributed by atoms with E-state index in [0.717, 1.165) is 17.7 Å². The van der Waals surface area contributed by atoms with Crippen molar-refractivity contribution >= 4 is 34.8 Å². The molecule has 7 heteroatoms. The van der Waals surface area contributed by atoms with Crippen LogP contribution in [-0.2, 0) is 0 Å². The third kappa shape index (κ3) is 3.71. The molecule has 1 aromatic carbocycles. The molecule has 0 amide bonds. The zero-order valence-electron chi connectivity index (χ0n) is 11.2. The van der Waals surface area contributed by atoms with Gasteiger partial charge in [-0.25, -0.2) is 0 Å². The maximum absolute atomic E-state index is 6.14. The molecule has 0 aliphatic carbocycles. The second kappa shape index (κ2) is 6.72. The van der Waals surface area contributed by atoms with Gasteiger partial charge < -0.3 is 10.1 Å². The Morgan fingerprint density at radius 1 is 1.20 bits per heavy atom. The first-order valence-corrected chi connectivity index (χ1v) is 6.92. The fraction of sp³-hybridized carbons (Fsp3) is 0.308. The molecule has 0 aliphatic heterocycles. The van der Waals surface area contributed by atoms with E-state index in [2.05, 4.69) is 20.3 Å². The Labute approximate surface area is 127 Å². The van der Waals surface area contributed by atoms with Crippen LogP contribution in [-0.4, -0.2) is 21.6 Å². The number of aryl methyl sites for hydroxylation is 1.